The van der Waals surface area contributed by atoms with Crippen molar-refractivity contribution in [1.29, 1.82) is 0 Å². The van der Waals surface area contributed by atoms with Crippen LogP contribution in [0.15, 0.2) is 103 Å². The Morgan fingerprint density at radius 2 is 1.50 bits per heavy atom. The fourth-order valence-corrected chi connectivity index (χ4v) is 5.46. The van der Waals surface area contributed by atoms with Gasteiger partial charge in [-0.2, -0.15) is 0 Å². The standard InChI is InChI=1S/C33H28N6O/c40-32(24-5-2-1-3-6-24)25-10-12-26(13-11-25)33-36-28-7-4-8-30(31(28)37-33)39-19-17-38(18-20-39)22-23-9-14-27-29(21-23)35-16-15-34-27/h1-16,21H,17-20,22H2,(H,36,37). The molecule has 0 radical (unpaired) electrons. The second kappa shape index (κ2) is 10.4. The number of anilines is 1. The molecule has 3 heterocycles. The van der Waals surface area contributed by atoms with E-state index in [0.29, 0.717) is 11.1 Å². The van der Waals surface area contributed by atoms with Crippen LogP contribution in [-0.4, -0.2) is 56.8 Å². The Labute approximate surface area is 232 Å². The van der Waals surface area contributed by atoms with Crippen molar-refractivity contribution in [2.24, 2.45) is 0 Å². The number of hydrogen-bond acceptors (Lipinski definition) is 6. The predicted molar refractivity (Wildman–Crippen MR) is 158 cm³/mol. The number of para-hydroxylation sites is 1. The minimum absolute atomic E-state index is 0.0208. The number of ketones is 1. The van der Waals surface area contributed by atoms with Gasteiger partial charge in [-0.1, -0.05) is 66.7 Å². The maximum absolute atomic E-state index is 12.8. The fraction of sp³-hybridized carbons (Fsp3) is 0.152. The third kappa shape index (κ3) is 4.72. The molecule has 196 valence electrons. The largest absolute Gasteiger partial charge is 0.367 e. The number of rotatable bonds is 6. The molecule has 6 aromatic rings. The molecule has 0 spiro atoms. The van der Waals surface area contributed by atoms with Gasteiger partial charge in [-0.15, -0.1) is 0 Å². The van der Waals surface area contributed by atoms with Crippen molar-refractivity contribution in [1.82, 2.24) is 24.8 Å². The average Bonchev–Trinajstić information content (AvgIpc) is 3.46. The van der Waals surface area contributed by atoms with Crippen molar-refractivity contribution in [3.63, 3.8) is 0 Å². The van der Waals surface area contributed by atoms with E-state index in [1.165, 1.54) is 5.56 Å². The number of aromatic amines is 1. The zero-order chi connectivity index (χ0) is 26.9. The zero-order valence-corrected chi connectivity index (χ0v) is 22.0. The number of nitrogens with zero attached hydrogens (tertiary/aromatic N) is 5. The van der Waals surface area contributed by atoms with Crippen LogP contribution >= 0.6 is 0 Å². The molecule has 1 fully saturated rings. The molecule has 4 aromatic carbocycles. The molecule has 1 N–H and O–H groups in total. The van der Waals surface area contributed by atoms with Gasteiger partial charge in [0.15, 0.2) is 5.78 Å². The first-order valence-electron chi connectivity index (χ1n) is 13.6. The van der Waals surface area contributed by atoms with Gasteiger partial charge in [-0.05, 0) is 29.8 Å². The third-order valence-electron chi connectivity index (χ3n) is 7.60. The minimum Gasteiger partial charge on any atom is -0.367 e. The van der Waals surface area contributed by atoms with Crippen LogP contribution < -0.4 is 4.90 Å². The van der Waals surface area contributed by atoms with Crippen LogP contribution in [0.4, 0.5) is 5.69 Å². The van der Waals surface area contributed by atoms with E-state index in [2.05, 4.69) is 61.1 Å². The van der Waals surface area contributed by atoms with E-state index in [1.807, 2.05) is 54.6 Å². The van der Waals surface area contributed by atoms with E-state index in [1.54, 1.807) is 12.4 Å². The topological polar surface area (TPSA) is 78.0 Å². The van der Waals surface area contributed by atoms with Crippen LogP contribution in [0.3, 0.4) is 0 Å². The molecular formula is C33H28N6O. The highest BCUT2D eigenvalue weighted by Crippen LogP contribution is 2.29. The molecule has 2 aromatic heterocycles. The van der Waals surface area contributed by atoms with Gasteiger partial charge in [0.05, 0.1) is 22.2 Å². The first-order valence-corrected chi connectivity index (χ1v) is 13.6. The molecule has 40 heavy (non-hydrogen) atoms. The van der Waals surface area contributed by atoms with Crippen LogP contribution in [0.25, 0.3) is 33.5 Å². The highest BCUT2D eigenvalue weighted by molar-refractivity contribution is 6.09. The van der Waals surface area contributed by atoms with E-state index in [-0.39, 0.29) is 5.78 Å². The molecule has 7 heteroatoms. The smallest absolute Gasteiger partial charge is 0.193 e. The Morgan fingerprint density at radius 3 is 2.30 bits per heavy atom. The number of nitrogens with one attached hydrogen (secondary N) is 1. The molecule has 0 atom stereocenters. The van der Waals surface area contributed by atoms with Crippen molar-refractivity contribution >= 4 is 33.5 Å². The number of H-pyrrole nitrogens is 1. The van der Waals surface area contributed by atoms with Gasteiger partial charge < -0.3 is 9.88 Å². The number of fused-ring (bicyclic) bond motifs is 2. The lowest BCUT2D eigenvalue weighted by atomic mass is 10.0. The highest BCUT2D eigenvalue weighted by Gasteiger charge is 2.21. The van der Waals surface area contributed by atoms with Gasteiger partial charge in [0.2, 0.25) is 0 Å². The predicted octanol–water partition coefficient (Wildman–Crippen LogP) is 5.73. The molecule has 7 rings (SSSR count). The molecule has 0 unspecified atom stereocenters. The van der Waals surface area contributed by atoms with Crippen molar-refractivity contribution in [3.8, 4) is 11.4 Å². The Balaban J connectivity index is 1.06. The van der Waals surface area contributed by atoms with Gasteiger partial charge in [0.1, 0.15) is 11.3 Å². The van der Waals surface area contributed by atoms with Gasteiger partial charge in [-0.25, -0.2) is 4.98 Å². The van der Waals surface area contributed by atoms with Crippen LogP contribution in [0.2, 0.25) is 0 Å². The van der Waals surface area contributed by atoms with Crippen LogP contribution in [0.1, 0.15) is 21.5 Å². The molecule has 0 saturated carbocycles. The number of benzene rings is 4. The number of hydrogen-bond donors (Lipinski definition) is 1. The molecule has 1 aliphatic heterocycles. The Bertz CT molecular complexity index is 1800. The van der Waals surface area contributed by atoms with Gasteiger partial charge in [-0.3, -0.25) is 19.7 Å². The maximum Gasteiger partial charge on any atom is 0.193 e. The second-order valence-electron chi connectivity index (χ2n) is 10.2. The van der Waals surface area contributed by atoms with E-state index in [4.69, 9.17) is 4.98 Å². The number of aromatic nitrogens is 4. The monoisotopic (exact) mass is 524 g/mol. The van der Waals surface area contributed by atoms with Gasteiger partial charge in [0.25, 0.3) is 0 Å². The number of carbonyl (C=O) groups excluding carboxylic acids is 1. The van der Waals surface area contributed by atoms with Crippen molar-refractivity contribution in [3.05, 3.63) is 120 Å². The number of imidazole rings is 1. The molecule has 0 amide bonds. The summed E-state index contributed by atoms with van der Waals surface area (Å²) in [6.07, 6.45) is 3.48. The van der Waals surface area contributed by atoms with Crippen molar-refractivity contribution in [2.45, 2.75) is 6.54 Å². The van der Waals surface area contributed by atoms with Gasteiger partial charge >= 0.3 is 0 Å². The lowest BCUT2D eigenvalue weighted by molar-refractivity contribution is 0.103. The van der Waals surface area contributed by atoms with Crippen LogP contribution in [-0.2, 0) is 6.54 Å². The number of piperazine rings is 1. The summed E-state index contributed by atoms with van der Waals surface area (Å²) in [7, 11) is 0. The Morgan fingerprint density at radius 1 is 0.750 bits per heavy atom. The Hall–Kier alpha value is -4.88. The Kier molecular flexibility index (Phi) is 6.26. The van der Waals surface area contributed by atoms with E-state index in [0.717, 1.165) is 71.9 Å². The fourth-order valence-electron chi connectivity index (χ4n) is 5.46. The molecule has 0 aliphatic carbocycles. The first-order chi connectivity index (χ1) is 19.7. The lowest BCUT2D eigenvalue weighted by Gasteiger charge is -2.36. The van der Waals surface area contributed by atoms with Crippen LogP contribution in [0, 0.1) is 0 Å². The summed E-state index contributed by atoms with van der Waals surface area (Å²) in [6, 6.07) is 29.7. The second-order valence-corrected chi connectivity index (χ2v) is 10.2. The summed E-state index contributed by atoms with van der Waals surface area (Å²) in [4.78, 5) is 35.0. The van der Waals surface area contributed by atoms with E-state index in [9.17, 15) is 4.79 Å². The van der Waals surface area contributed by atoms with E-state index >= 15 is 0 Å². The first kappa shape index (κ1) is 24.2. The molecule has 1 saturated heterocycles. The summed E-state index contributed by atoms with van der Waals surface area (Å²) < 4.78 is 0. The van der Waals surface area contributed by atoms with Crippen molar-refractivity contribution < 1.29 is 4.79 Å². The van der Waals surface area contributed by atoms with Gasteiger partial charge in [0, 0.05) is 61.8 Å². The van der Waals surface area contributed by atoms with Crippen LogP contribution in [0.5, 0.6) is 0 Å². The molecule has 7 nitrogen and oxygen atoms in total. The summed E-state index contributed by atoms with van der Waals surface area (Å²) in [5.74, 6) is 0.826. The summed E-state index contributed by atoms with van der Waals surface area (Å²) in [5.41, 5.74) is 8.58. The molecule has 1 aliphatic rings. The third-order valence-corrected chi connectivity index (χ3v) is 7.60. The quantitative estimate of drug-likeness (QED) is 0.281. The maximum atomic E-state index is 12.8. The SMILES string of the molecule is O=C(c1ccccc1)c1ccc(-c2nc3c(N4CCN(Cc5ccc6nccnc6c5)CC4)cccc3[nH]2)cc1. The van der Waals surface area contributed by atoms with E-state index < -0.39 is 0 Å². The number of carbonyl (C=O) groups is 1. The zero-order valence-electron chi connectivity index (χ0n) is 22.0. The average molecular weight is 525 g/mol. The summed E-state index contributed by atoms with van der Waals surface area (Å²) in [6.45, 7) is 4.72. The molecular weight excluding hydrogens is 496 g/mol. The van der Waals surface area contributed by atoms with Crippen molar-refractivity contribution in [2.75, 3.05) is 31.1 Å². The summed E-state index contributed by atoms with van der Waals surface area (Å²) >= 11 is 0. The normalized spacial score (nSPS) is 14.2. The minimum atomic E-state index is 0.0208. The molecule has 0 bridgehead atoms. The highest BCUT2D eigenvalue weighted by atomic mass is 16.1. The summed E-state index contributed by atoms with van der Waals surface area (Å²) in [5, 5.41) is 0. The lowest BCUT2D eigenvalue weighted by Crippen LogP contribution is -2.46.